The van der Waals surface area contributed by atoms with Crippen molar-refractivity contribution in [2.24, 2.45) is 10.7 Å². The van der Waals surface area contributed by atoms with Crippen molar-refractivity contribution in [1.29, 1.82) is 0 Å². The van der Waals surface area contributed by atoms with Crippen LogP contribution in [0.15, 0.2) is 16.3 Å². The van der Waals surface area contributed by atoms with Gasteiger partial charge in [-0.2, -0.15) is 0 Å². The van der Waals surface area contributed by atoms with E-state index >= 15 is 0 Å². The lowest BCUT2D eigenvalue weighted by Crippen LogP contribution is -2.43. The summed E-state index contributed by atoms with van der Waals surface area (Å²) in [4.78, 5) is 15.8. The van der Waals surface area contributed by atoms with Crippen LogP contribution < -0.4 is 11.1 Å². The zero-order chi connectivity index (χ0) is 14.4. The maximum atomic E-state index is 13.8. The highest BCUT2D eigenvalue weighted by Crippen LogP contribution is 2.34. The molecule has 2 unspecified atom stereocenters. The van der Waals surface area contributed by atoms with Crippen LogP contribution in [0.3, 0.4) is 0 Å². The van der Waals surface area contributed by atoms with Crippen LogP contribution in [-0.4, -0.2) is 65.5 Å². The number of dihydropyridines is 1. The molecule has 3 aliphatic heterocycles. The molecule has 0 spiro atoms. The van der Waals surface area contributed by atoms with Gasteiger partial charge in [-0.25, -0.2) is 4.39 Å². The molecular weight excluding hydrogens is 269 g/mol. The lowest BCUT2D eigenvalue weighted by molar-refractivity contribution is -0.109. The molecule has 0 aromatic carbocycles. The molecule has 1 saturated heterocycles. The van der Waals surface area contributed by atoms with Gasteiger partial charge in [0.2, 0.25) is 5.78 Å². The molecule has 8 heteroatoms. The van der Waals surface area contributed by atoms with Crippen LogP contribution in [0, 0.1) is 0 Å². The number of hydrogen-bond acceptors (Lipinski definition) is 7. The molecule has 3 aliphatic rings. The monoisotopic (exact) mass is 285 g/mol. The van der Waals surface area contributed by atoms with Gasteiger partial charge < -0.3 is 26.0 Å². The molecule has 3 heterocycles. The smallest absolute Gasteiger partial charge is 0.201 e. The van der Waals surface area contributed by atoms with Crippen molar-refractivity contribution in [3.63, 3.8) is 0 Å². The number of aliphatic hydroxyl groups excluding tert-OH is 2. The van der Waals surface area contributed by atoms with E-state index in [0.29, 0.717) is 17.7 Å². The molecule has 0 aromatic heterocycles. The predicted molar refractivity (Wildman–Crippen MR) is 66.7 cm³/mol. The second kappa shape index (κ2) is 4.88. The van der Waals surface area contributed by atoms with Crippen LogP contribution >= 0.6 is 0 Å². The summed E-state index contributed by atoms with van der Waals surface area (Å²) in [5.74, 6) is -0.236. The quantitative estimate of drug-likeness (QED) is 0.466. The SMILES string of the molecule is NC1CC2=C(N1)C([C@@H]1O[C@H](CO)[C@@H](F)[C@H]1O)N=CC2=O. The number of hydrogen-bond donors (Lipinski definition) is 4. The first kappa shape index (κ1) is 13.6. The lowest BCUT2D eigenvalue weighted by Gasteiger charge is -2.26. The maximum absolute atomic E-state index is 13.8. The van der Waals surface area contributed by atoms with E-state index in [1.54, 1.807) is 0 Å². The van der Waals surface area contributed by atoms with E-state index in [1.807, 2.05) is 0 Å². The molecule has 3 rings (SSSR count). The van der Waals surface area contributed by atoms with Gasteiger partial charge in [0.1, 0.15) is 24.4 Å². The molecule has 6 atom stereocenters. The van der Waals surface area contributed by atoms with Gasteiger partial charge in [-0.05, 0) is 0 Å². The van der Waals surface area contributed by atoms with Crippen molar-refractivity contribution in [1.82, 2.24) is 5.32 Å². The third kappa shape index (κ3) is 1.96. The zero-order valence-electron chi connectivity index (χ0n) is 10.6. The number of aliphatic imine (C=N–C) groups is 1. The van der Waals surface area contributed by atoms with Crippen LogP contribution in [0.25, 0.3) is 0 Å². The summed E-state index contributed by atoms with van der Waals surface area (Å²) >= 11 is 0. The normalized spacial score (nSPS) is 43.9. The number of carbonyl (C=O) groups excluding carboxylic acids is 1. The van der Waals surface area contributed by atoms with Crippen molar-refractivity contribution in [2.45, 2.75) is 43.1 Å². The number of alkyl halides is 1. The molecule has 0 bridgehead atoms. The Morgan fingerprint density at radius 3 is 3.00 bits per heavy atom. The third-order valence-electron chi connectivity index (χ3n) is 3.88. The second-order valence-electron chi connectivity index (χ2n) is 5.19. The zero-order valence-corrected chi connectivity index (χ0v) is 10.6. The number of aliphatic hydroxyl groups is 2. The average molecular weight is 285 g/mol. The van der Waals surface area contributed by atoms with Gasteiger partial charge in [-0.15, -0.1) is 0 Å². The number of nitrogens with one attached hydrogen (secondary N) is 1. The Kier molecular flexibility index (Phi) is 3.33. The fourth-order valence-electron chi connectivity index (χ4n) is 2.88. The maximum Gasteiger partial charge on any atom is 0.201 e. The van der Waals surface area contributed by atoms with E-state index in [4.69, 9.17) is 15.6 Å². The van der Waals surface area contributed by atoms with Crippen molar-refractivity contribution in [3.8, 4) is 0 Å². The van der Waals surface area contributed by atoms with Crippen molar-refractivity contribution in [3.05, 3.63) is 11.3 Å². The molecule has 0 aromatic rings. The minimum absolute atomic E-state index is 0.236. The average Bonchev–Trinajstić information content (AvgIpc) is 2.94. The Labute approximate surface area is 114 Å². The highest BCUT2D eigenvalue weighted by atomic mass is 19.1. The summed E-state index contributed by atoms with van der Waals surface area (Å²) in [5, 5.41) is 21.9. The van der Waals surface area contributed by atoms with Crippen molar-refractivity contribution >= 4 is 12.0 Å². The molecule has 110 valence electrons. The number of ether oxygens (including phenoxy) is 1. The number of carbonyl (C=O) groups is 1. The largest absolute Gasteiger partial charge is 0.394 e. The van der Waals surface area contributed by atoms with Gasteiger partial charge in [0.15, 0.2) is 6.17 Å². The Hall–Kier alpha value is -1.35. The Morgan fingerprint density at radius 2 is 2.35 bits per heavy atom. The summed E-state index contributed by atoms with van der Waals surface area (Å²) in [6.07, 6.45) is -4.01. The van der Waals surface area contributed by atoms with E-state index in [9.17, 15) is 14.3 Å². The van der Waals surface area contributed by atoms with Crippen molar-refractivity contribution in [2.75, 3.05) is 6.61 Å². The number of halogens is 1. The number of rotatable bonds is 2. The number of ketones is 1. The van der Waals surface area contributed by atoms with E-state index in [0.717, 1.165) is 6.21 Å². The topological polar surface area (TPSA) is 117 Å². The summed E-state index contributed by atoms with van der Waals surface area (Å²) in [6, 6.07) is -0.707. The molecule has 20 heavy (non-hydrogen) atoms. The van der Waals surface area contributed by atoms with Crippen LogP contribution in [0.4, 0.5) is 4.39 Å². The molecule has 0 saturated carbocycles. The summed E-state index contributed by atoms with van der Waals surface area (Å²) in [6.45, 7) is -0.525. The summed E-state index contributed by atoms with van der Waals surface area (Å²) in [5.41, 5.74) is 6.74. The standard InChI is InChI=1S/C12H16FN3O4/c13-8-6(3-17)20-12(11(8)19)10-9-4(1-7(14)16-9)5(18)2-15-10/h2,6-8,10-12,16-17,19H,1,3,14H2/t6-,7?,8-,10?,11-,12+/m1/s1. The number of nitrogens with zero attached hydrogens (tertiary/aromatic N) is 1. The minimum Gasteiger partial charge on any atom is -0.394 e. The Bertz CT molecular complexity index is 495. The van der Waals surface area contributed by atoms with E-state index < -0.39 is 43.3 Å². The first-order valence-electron chi connectivity index (χ1n) is 6.44. The summed E-state index contributed by atoms with van der Waals surface area (Å²) in [7, 11) is 0. The van der Waals surface area contributed by atoms with E-state index in [1.165, 1.54) is 0 Å². The second-order valence-corrected chi connectivity index (χ2v) is 5.19. The van der Waals surface area contributed by atoms with Crippen LogP contribution in [0.1, 0.15) is 6.42 Å². The fourth-order valence-corrected chi connectivity index (χ4v) is 2.88. The van der Waals surface area contributed by atoms with Crippen LogP contribution in [-0.2, 0) is 9.53 Å². The van der Waals surface area contributed by atoms with Gasteiger partial charge in [0, 0.05) is 17.7 Å². The van der Waals surface area contributed by atoms with Gasteiger partial charge in [-0.1, -0.05) is 0 Å². The first-order chi connectivity index (χ1) is 9.52. The van der Waals surface area contributed by atoms with Gasteiger partial charge >= 0.3 is 0 Å². The Morgan fingerprint density at radius 1 is 1.60 bits per heavy atom. The lowest BCUT2D eigenvalue weighted by atomic mass is 9.95. The van der Waals surface area contributed by atoms with Crippen molar-refractivity contribution < 1.29 is 24.1 Å². The van der Waals surface area contributed by atoms with Gasteiger partial charge in [0.05, 0.1) is 19.0 Å². The molecule has 7 nitrogen and oxygen atoms in total. The third-order valence-corrected chi connectivity index (χ3v) is 3.88. The first-order valence-corrected chi connectivity index (χ1v) is 6.44. The highest BCUT2D eigenvalue weighted by molar-refractivity contribution is 6.36. The molecular formula is C12H16FN3O4. The highest BCUT2D eigenvalue weighted by Gasteiger charge is 2.50. The van der Waals surface area contributed by atoms with Gasteiger partial charge in [-0.3, -0.25) is 9.79 Å². The number of nitrogens with two attached hydrogens (primary N) is 1. The molecule has 0 radical (unpaired) electrons. The van der Waals surface area contributed by atoms with E-state index in [-0.39, 0.29) is 5.78 Å². The molecule has 0 aliphatic carbocycles. The summed E-state index contributed by atoms with van der Waals surface area (Å²) < 4.78 is 19.1. The van der Waals surface area contributed by atoms with Gasteiger partial charge in [0.25, 0.3) is 0 Å². The number of Topliss-reactive ketones (excluding diaryl/α,β-unsaturated/α-hetero) is 1. The fraction of sp³-hybridized carbons (Fsp3) is 0.667. The van der Waals surface area contributed by atoms with Crippen LogP contribution in [0.2, 0.25) is 0 Å². The van der Waals surface area contributed by atoms with Crippen LogP contribution in [0.5, 0.6) is 0 Å². The molecule has 5 N–H and O–H groups in total. The Balaban J connectivity index is 1.87. The molecule has 0 amide bonds. The minimum atomic E-state index is -1.68. The van der Waals surface area contributed by atoms with E-state index in [2.05, 4.69) is 10.3 Å². The molecule has 1 fully saturated rings. The predicted octanol–water partition coefficient (Wildman–Crippen LogP) is -2.00.